The molecule has 2 aromatic rings. The van der Waals surface area contributed by atoms with E-state index in [1.807, 2.05) is 31.2 Å². The zero-order valence-corrected chi connectivity index (χ0v) is 9.86. The molecule has 0 aliphatic rings. The van der Waals surface area contributed by atoms with Crippen LogP contribution in [-0.4, -0.2) is 5.11 Å². The van der Waals surface area contributed by atoms with Crippen LogP contribution in [-0.2, 0) is 0 Å². The van der Waals surface area contributed by atoms with Crippen molar-refractivity contribution in [3.05, 3.63) is 58.0 Å². The molecule has 1 unspecified atom stereocenters. The molecule has 0 amide bonds. The number of halogens is 1. The molecular formula is C12H11BrO2. The number of aliphatic hydroxyl groups is 1. The summed E-state index contributed by atoms with van der Waals surface area (Å²) in [5.74, 6) is 0.546. The Hall–Kier alpha value is -1.06. The topological polar surface area (TPSA) is 33.4 Å². The number of aryl methyl sites for hydroxylation is 1. The number of hydrogen-bond donors (Lipinski definition) is 1. The van der Waals surface area contributed by atoms with E-state index in [-0.39, 0.29) is 0 Å². The van der Waals surface area contributed by atoms with Gasteiger partial charge in [-0.3, -0.25) is 0 Å². The van der Waals surface area contributed by atoms with Crippen molar-refractivity contribution in [1.29, 1.82) is 0 Å². The van der Waals surface area contributed by atoms with E-state index in [0.717, 1.165) is 15.6 Å². The Morgan fingerprint density at radius 1 is 1.27 bits per heavy atom. The van der Waals surface area contributed by atoms with Crippen LogP contribution in [0.3, 0.4) is 0 Å². The molecule has 1 N–H and O–H groups in total. The van der Waals surface area contributed by atoms with E-state index in [2.05, 4.69) is 15.9 Å². The van der Waals surface area contributed by atoms with Crippen LogP contribution in [0.4, 0.5) is 0 Å². The SMILES string of the molecule is Cc1ccccc1C(O)c1occc1Br. The van der Waals surface area contributed by atoms with Crippen molar-refractivity contribution in [2.24, 2.45) is 0 Å². The summed E-state index contributed by atoms with van der Waals surface area (Å²) in [6.45, 7) is 1.97. The molecule has 0 fully saturated rings. The van der Waals surface area contributed by atoms with Crippen LogP contribution in [0.2, 0.25) is 0 Å². The summed E-state index contributed by atoms with van der Waals surface area (Å²) in [6.07, 6.45) is 0.844. The summed E-state index contributed by atoms with van der Waals surface area (Å²) in [6, 6.07) is 9.49. The Balaban J connectivity index is 2.41. The molecule has 2 rings (SSSR count). The van der Waals surface area contributed by atoms with E-state index in [9.17, 15) is 5.11 Å². The average Bonchev–Trinajstić information content (AvgIpc) is 2.64. The Morgan fingerprint density at radius 3 is 2.60 bits per heavy atom. The molecule has 0 bridgehead atoms. The zero-order valence-electron chi connectivity index (χ0n) is 8.27. The van der Waals surface area contributed by atoms with Crippen LogP contribution in [0.1, 0.15) is 23.0 Å². The van der Waals surface area contributed by atoms with Crippen molar-refractivity contribution in [2.75, 3.05) is 0 Å². The second-order valence-electron chi connectivity index (χ2n) is 3.39. The van der Waals surface area contributed by atoms with Crippen LogP contribution < -0.4 is 0 Å². The van der Waals surface area contributed by atoms with E-state index in [1.165, 1.54) is 0 Å². The molecule has 78 valence electrons. The van der Waals surface area contributed by atoms with Crippen LogP contribution in [0.15, 0.2) is 45.5 Å². The first-order chi connectivity index (χ1) is 7.20. The lowest BCUT2D eigenvalue weighted by Crippen LogP contribution is -2.00. The van der Waals surface area contributed by atoms with Crippen molar-refractivity contribution in [3.63, 3.8) is 0 Å². The molecule has 2 nitrogen and oxygen atoms in total. The predicted octanol–water partition coefficient (Wildman–Crippen LogP) is 3.43. The minimum absolute atomic E-state index is 0.546. The monoisotopic (exact) mass is 266 g/mol. The lowest BCUT2D eigenvalue weighted by molar-refractivity contribution is 0.187. The normalized spacial score (nSPS) is 12.7. The summed E-state index contributed by atoms with van der Waals surface area (Å²) in [4.78, 5) is 0. The fourth-order valence-corrected chi connectivity index (χ4v) is 1.95. The molecule has 3 heteroatoms. The van der Waals surface area contributed by atoms with Crippen LogP contribution in [0, 0.1) is 6.92 Å². The van der Waals surface area contributed by atoms with Gasteiger partial charge in [0.05, 0.1) is 10.7 Å². The number of aliphatic hydroxyl groups excluding tert-OH is 1. The maximum atomic E-state index is 10.1. The second kappa shape index (κ2) is 4.21. The highest BCUT2D eigenvalue weighted by Crippen LogP contribution is 2.30. The van der Waals surface area contributed by atoms with Gasteiger partial charge < -0.3 is 9.52 Å². The van der Waals surface area contributed by atoms with Gasteiger partial charge in [0, 0.05) is 0 Å². The molecule has 1 atom stereocenters. The third kappa shape index (κ3) is 1.98. The molecule has 0 saturated carbocycles. The molecule has 0 saturated heterocycles. The molecule has 0 spiro atoms. The van der Waals surface area contributed by atoms with Gasteiger partial charge in [-0.2, -0.15) is 0 Å². The van der Waals surface area contributed by atoms with Crippen LogP contribution in [0.25, 0.3) is 0 Å². The van der Waals surface area contributed by atoms with Crippen LogP contribution >= 0.6 is 15.9 Å². The van der Waals surface area contributed by atoms with Crippen molar-refractivity contribution < 1.29 is 9.52 Å². The van der Waals surface area contributed by atoms with Gasteiger partial charge >= 0.3 is 0 Å². The highest BCUT2D eigenvalue weighted by atomic mass is 79.9. The van der Waals surface area contributed by atoms with Crippen molar-refractivity contribution in [3.8, 4) is 0 Å². The minimum atomic E-state index is -0.712. The highest BCUT2D eigenvalue weighted by Gasteiger charge is 2.18. The Labute approximate surface area is 96.7 Å². The summed E-state index contributed by atoms with van der Waals surface area (Å²) in [7, 11) is 0. The van der Waals surface area contributed by atoms with Gasteiger partial charge in [0.1, 0.15) is 6.10 Å². The third-order valence-electron chi connectivity index (χ3n) is 2.38. The molecule has 0 aliphatic heterocycles. The Bertz CT molecular complexity index is 462. The predicted molar refractivity (Wildman–Crippen MR) is 61.6 cm³/mol. The summed E-state index contributed by atoms with van der Waals surface area (Å²) in [5.41, 5.74) is 1.92. The quantitative estimate of drug-likeness (QED) is 0.904. The first-order valence-corrected chi connectivity index (χ1v) is 5.46. The lowest BCUT2D eigenvalue weighted by atomic mass is 10.0. The summed E-state index contributed by atoms with van der Waals surface area (Å²) in [5, 5.41) is 10.1. The number of hydrogen-bond acceptors (Lipinski definition) is 2. The smallest absolute Gasteiger partial charge is 0.150 e. The van der Waals surface area contributed by atoms with Gasteiger partial charge in [0.2, 0.25) is 0 Å². The largest absolute Gasteiger partial charge is 0.465 e. The Morgan fingerprint density at radius 2 is 2.00 bits per heavy atom. The fraction of sp³-hybridized carbons (Fsp3) is 0.167. The number of rotatable bonds is 2. The molecule has 1 aromatic heterocycles. The van der Waals surface area contributed by atoms with E-state index >= 15 is 0 Å². The maximum absolute atomic E-state index is 10.1. The average molecular weight is 267 g/mol. The number of furan rings is 1. The molecule has 0 radical (unpaired) electrons. The number of benzene rings is 1. The minimum Gasteiger partial charge on any atom is -0.465 e. The first-order valence-electron chi connectivity index (χ1n) is 4.66. The zero-order chi connectivity index (χ0) is 10.8. The second-order valence-corrected chi connectivity index (χ2v) is 4.25. The highest BCUT2D eigenvalue weighted by molar-refractivity contribution is 9.10. The van der Waals surface area contributed by atoms with Gasteiger partial charge in [-0.1, -0.05) is 24.3 Å². The molecule has 1 aromatic carbocycles. The summed E-state index contributed by atoms with van der Waals surface area (Å²) < 4.78 is 6.03. The van der Waals surface area contributed by atoms with E-state index in [0.29, 0.717) is 5.76 Å². The Kier molecular flexibility index (Phi) is 2.93. The van der Waals surface area contributed by atoms with Gasteiger partial charge in [0.15, 0.2) is 5.76 Å². The molecule has 15 heavy (non-hydrogen) atoms. The van der Waals surface area contributed by atoms with Crippen molar-refractivity contribution >= 4 is 15.9 Å². The van der Waals surface area contributed by atoms with Gasteiger partial charge in [-0.15, -0.1) is 0 Å². The summed E-state index contributed by atoms with van der Waals surface area (Å²) >= 11 is 3.33. The molecular weight excluding hydrogens is 256 g/mol. The van der Waals surface area contributed by atoms with Gasteiger partial charge in [-0.25, -0.2) is 0 Å². The van der Waals surface area contributed by atoms with E-state index in [1.54, 1.807) is 12.3 Å². The van der Waals surface area contributed by atoms with Crippen molar-refractivity contribution in [2.45, 2.75) is 13.0 Å². The maximum Gasteiger partial charge on any atom is 0.150 e. The van der Waals surface area contributed by atoms with Crippen molar-refractivity contribution in [1.82, 2.24) is 0 Å². The third-order valence-corrected chi connectivity index (χ3v) is 3.03. The standard InChI is InChI=1S/C12H11BrO2/c1-8-4-2-3-5-9(8)11(14)12-10(13)6-7-15-12/h2-7,11,14H,1H3. The van der Waals surface area contributed by atoms with Gasteiger partial charge in [-0.05, 0) is 40.0 Å². The fourth-order valence-electron chi connectivity index (χ4n) is 1.54. The van der Waals surface area contributed by atoms with Crippen LogP contribution in [0.5, 0.6) is 0 Å². The lowest BCUT2D eigenvalue weighted by Gasteiger charge is -2.11. The van der Waals surface area contributed by atoms with E-state index < -0.39 is 6.10 Å². The molecule has 1 heterocycles. The first kappa shape index (κ1) is 10.5. The van der Waals surface area contributed by atoms with E-state index in [4.69, 9.17) is 4.42 Å². The van der Waals surface area contributed by atoms with Gasteiger partial charge in [0.25, 0.3) is 0 Å². The molecule has 0 aliphatic carbocycles.